The molecule has 0 bridgehead atoms. The molecule has 16 heavy (non-hydrogen) atoms. The van der Waals surface area contributed by atoms with Crippen LogP contribution in [-0.2, 0) is 0 Å². The van der Waals surface area contributed by atoms with Crippen molar-refractivity contribution >= 4 is 23.1 Å². The van der Waals surface area contributed by atoms with Crippen LogP contribution in [0.15, 0.2) is 11.4 Å². The second kappa shape index (κ2) is 6.08. The summed E-state index contributed by atoms with van der Waals surface area (Å²) in [5.74, 6) is 1.34. The number of hydrogen-bond acceptors (Lipinski definition) is 3. The molecule has 2 unspecified atom stereocenters. The van der Waals surface area contributed by atoms with Crippen molar-refractivity contribution in [1.82, 2.24) is 5.32 Å². The summed E-state index contributed by atoms with van der Waals surface area (Å²) in [4.78, 5) is 1.56. The van der Waals surface area contributed by atoms with Crippen LogP contribution < -0.4 is 5.32 Å². The predicted molar refractivity (Wildman–Crippen MR) is 75.6 cm³/mol. The van der Waals surface area contributed by atoms with Crippen molar-refractivity contribution in [3.8, 4) is 0 Å². The molecule has 0 amide bonds. The molecule has 0 aromatic carbocycles. The SMILES string of the molecule is CCNC(c1sccc1C)C1CCCCS1. The Balaban J connectivity index is 2.12. The molecule has 1 aliphatic heterocycles. The van der Waals surface area contributed by atoms with E-state index in [2.05, 4.69) is 42.4 Å². The van der Waals surface area contributed by atoms with Gasteiger partial charge in [0, 0.05) is 10.1 Å². The maximum atomic E-state index is 3.69. The lowest BCUT2D eigenvalue weighted by atomic mass is 10.0. The smallest absolute Gasteiger partial charge is 0.0537 e. The van der Waals surface area contributed by atoms with E-state index in [0.29, 0.717) is 6.04 Å². The van der Waals surface area contributed by atoms with E-state index in [4.69, 9.17) is 0 Å². The maximum Gasteiger partial charge on any atom is 0.0537 e. The third kappa shape index (κ3) is 2.82. The van der Waals surface area contributed by atoms with Crippen LogP contribution >= 0.6 is 23.1 Å². The summed E-state index contributed by atoms with van der Waals surface area (Å²) in [5, 5.41) is 6.69. The van der Waals surface area contributed by atoms with Crippen LogP contribution in [0, 0.1) is 6.92 Å². The minimum Gasteiger partial charge on any atom is -0.309 e. The Bertz CT molecular complexity index is 315. The Labute approximate surface area is 107 Å². The van der Waals surface area contributed by atoms with Crippen molar-refractivity contribution in [3.63, 3.8) is 0 Å². The molecule has 1 fully saturated rings. The summed E-state index contributed by atoms with van der Waals surface area (Å²) in [5.41, 5.74) is 1.46. The van der Waals surface area contributed by atoms with Crippen molar-refractivity contribution in [2.24, 2.45) is 0 Å². The Morgan fingerprint density at radius 1 is 1.50 bits per heavy atom. The maximum absolute atomic E-state index is 3.69. The van der Waals surface area contributed by atoms with E-state index in [1.165, 1.54) is 30.6 Å². The Kier molecular flexibility index (Phi) is 4.74. The van der Waals surface area contributed by atoms with Gasteiger partial charge in [0.15, 0.2) is 0 Å². The van der Waals surface area contributed by atoms with Crippen LogP contribution in [-0.4, -0.2) is 17.5 Å². The second-order valence-electron chi connectivity index (χ2n) is 4.41. The lowest BCUT2D eigenvalue weighted by Gasteiger charge is -2.30. The van der Waals surface area contributed by atoms with Gasteiger partial charge in [-0.15, -0.1) is 11.3 Å². The van der Waals surface area contributed by atoms with Gasteiger partial charge >= 0.3 is 0 Å². The van der Waals surface area contributed by atoms with E-state index in [1.807, 2.05) is 11.3 Å². The zero-order valence-electron chi connectivity index (χ0n) is 10.2. The first-order valence-electron chi connectivity index (χ1n) is 6.22. The monoisotopic (exact) mass is 255 g/mol. The minimum atomic E-state index is 0.579. The molecular formula is C13H21NS2. The normalized spacial score (nSPS) is 23.2. The molecule has 3 heteroatoms. The fraction of sp³-hybridized carbons (Fsp3) is 0.692. The highest BCUT2D eigenvalue weighted by Gasteiger charge is 2.26. The Morgan fingerprint density at radius 3 is 2.94 bits per heavy atom. The number of thioether (sulfide) groups is 1. The molecule has 0 radical (unpaired) electrons. The zero-order chi connectivity index (χ0) is 11.4. The summed E-state index contributed by atoms with van der Waals surface area (Å²) < 4.78 is 0. The van der Waals surface area contributed by atoms with Gasteiger partial charge in [-0.1, -0.05) is 13.3 Å². The lowest BCUT2D eigenvalue weighted by Crippen LogP contribution is -2.31. The van der Waals surface area contributed by atoms with Crippen LogP contribution in [0.4, 0.5) is 0 Å². The molecule has 0 spiro atoms. The molecule has 2 heterocycles. The van der Waals surface area contributed by atoms with Crippen molar-refractivity contribution in [2.75, 3.05) is 12.3 Å². The molecule has 0 saturated carbocycles. The minimum absolute atomic E-state index is 0.579. The molecule has 0 aliphatic carbocycles. The second-order valence-corrected chi connectivity index (χ2v) is 6.70. The molecule has 1 N–H and O–H groups in total. The first kappa shape index (κ1) is 12.5. The van der Waals surface area contributed by atoms with Crippen molar-refractivity contribution in [3.05, 3.63) is 21.9 Å². The van der Waals surface area contributed by atoms with Gasteiger partial charge in [-0.05, 0) is 49.1 Å². The van der Waals surface area contributed by atoms with E-state index in [0.717, 1.165) is 11.8 Å². The topological polar surface area (TPSA) is 12.0 Å². The van der Waals surface area contributed by atoms with Crippen molar-refractivity contribution < 1.29 is 0 Å². The zero-order valence-corrected chi connectivity index (χ0v) is 11.8. The summed E-state index contributed by atoms with van der Waals surface area (Å²) in [6.07, 6.45) is 4.19. The van der Waals surface area contributed by atoms with Crippen molar-refractivity contribution in [2.45, 2.75) is 44.4 Å². The molecule has 2 rings (SSSR count). The molecule has 1 saturated heterocycles. The highest BCUT2D eigenvalue weighted by atomic mass is 32.2. The molecule has 2 atom stereocenters. The third-order valence-electron chi connectivity index (χ3n) is 3.19. The number of hydrogen-bond donors (Lipinski definition) is 1. The summed E-state index contributed by atoms with van der Waals surface area (Å²) in [7, 11) is 0. The number of aryl methyl sites for hydroxylation is 1. The first-order valence-corrected chi connectivity index (χ1v) is 8.14. The van der Waals surface area contributed by atoms with Gasteiger partial charge in [0.05, 0.1) is 6.04 Å². The number of nitrogens with one attached hydrogen (secondary N) is 1. The average molecular weight is 255 g/mol. The summed E-state index contributed by atoms with van der Waals surface area (Å²) >= 11 is 4.08. The van der Waals surface area contributed by atoms with Crippen LogP contribution in [0.5, 0.6) is 0 Å². The molecule has 1 aromatic heterocycles. The number of thiophene rings is 1. The van der Waals surface area contributed by atoms with Gasteiger partial charge in [0.25, 0.3) is 0 Å². The highest BCUT2D eigenvalue weighted by Crippen LogP contribution is 2.37. The van der Waals surface area contributed by atoms with Gasteiger partial charge in [-0.3, -0.25) is 0 Å². The van der Waals surface area contributed by atoms with E-state index >= 15 is 0 Å². The Morgan fingerprint density at radius 2 is 2.38 bits per heavy atom. The highest BCUT2D eigenvalue weighted by molar-refractivity contribution is 8.00. The first-order chi connectivity index (χ1) is 7.83. The Hall–Kier alpha value is 0.01000. The lowest BCUT2D eigenvalue weighted by molar-refractivity contribution is 0.496. The van der Waals surface area contributed by atoms with E-state index in [-0.39, 0.29) is 0 Å². The fourth-order valence-electron chi connectivity index (χ4n) is 2.34. The van der Waals surface area contributed by atoms with Gasteiger partial charge in [-0.25, -0.2) is 0 Å². The summed E-state index contributed by atoms with van der Waals surface area (Å²) in [6, 6.07) is 2.83. The van der Waals surface area contributed by atoms with Crippen LogP contribution in [0.25, 0.3) is 0 Å². The molecule has 1 aromatic rings. The molecule has 1 aliphatic rings. The molecule has 90 valence electrons. The van der Waals surface area contributed by atoms with E-state index in [1.54, 1.807) is 4.88 Å². The van der Waals surface area contributed by atoms with Gasteiger partial charge in [0.1, 0.15) is 0 Å². The average Bonchev–Trinajstić information content (AvgIpc) is 2.73. The van der Waals surface area contributed by atoms with Gasteiger partial charge in [0.2, 0.25) is 0 Å². The fourth-order valence-corrected chi connectivity index (χ4v) is 4.93. The van der Waals surface area contributed by atoms with E-state index < -0.39 is 0 Å². The third-order valence-corrected chi connectivity index (χ3v) is 5.76. The molecule has 1 nitrogen and oxygen atoms in total. The van der Waals surface area contributed by atoms with Gasteiger partial charge in [-0.2, -0.15) is 11.8 Å². The predicted octanol–water partition coefficient (Wildman–Crippen LogP) is 3.99. The summed E-state index contributed by atoms with van der Waals surface area (Å²) in [6.45, 7) is 5.52. The van der Waals surface area contributed by atoms with Crippen LogP contribution in [0.2, 0.25) is 0 Å². The van der Waals surface area contributed by atoms with Crippen molar-refractivity contribution in [1.29, 1.82) is 0 Å². The standard InChI is InChI=1S/C13H21NS2/c1-3-14-12(11-6-4-5-8-15-11)13-10(2)7-9-16-13/h7,9,11-12,14H,3-6,8H2,1-2H3. The van der Waals surface area contributed by atoms with Crippen LogP contribution in [0.1, 0.15) is 42.7 Å². The molecular weight excluding hydrogens is 234 g/mol. The van der Waals surface area contributed by atoms with Crippen LogP contribution in [0.3, 0.4) is 0 Å². The van der Waals surface area contributed by atoms with E-state index in [9.17, 15) is 0 Å². The number of rotatable bonds is 4. The quantitative estimate of drug-likeness (QED) is 0.873. The van der Waals surface area contributed by atoms with Gasteiger partial charge < -0.3 is 5.32 Å². The largest absolute Gasteiger partial charge is 0.309 e.